The Labute approximate surface area is 79.5 Å². The lowest BCUT2D eigenvalue weighted by Gasteiger charge is -2.31. The van der Waals surface area contributed by atoms with Gasteiger partial charge in [0.25, 0.3) is 0 Å². The van der Waals surface area contributed by atoms with Gasteiger partial charge in [-0.25, -0.2) is 0 Å². The third-order valence-corrected chi connectivity index (χ3v) is 2.64. The highest BCUT2D eigenvalue weighted by molar-refractivity contribution is 5.73. The van der Waals surface area contributed by atoms with E-state index in [1.807, 2.05) is 0 Å². The maximum absolute atomic E-state index is 10.6. The van der Waals surface area contributed by atoms with Crippen LogP contribution in [0.5, 0.6) is 0 Å². The molecule has 76 valence electrons. The molecule has 0 atom stereocenters. The summed E-state index contributed by atoms with van der Waals surface area (Å²) in [5, 5.41) is 3.32. The van der Waals surface area contributed by atoms with Crippen LogP contribution in [0.15, 0.2) is 0 Å². The first kappa shape index (κ1) is 10.5. The average Bonchev–Trinajstić information content (AvgIpc) is 2.15. The Balaban J connectivity index is 2.20. The number of nitrogens with two attached hydrogens (primary N) is 1. The number of primary amides is 1. The van der Waals surface area contributed by atoms with Crippen LogP contribution in [0.3, 0.4) is 0 Å². The summed E-state index contributed by atoms with van der Waals surface area (Å²) in [5.74, 6) is -0.208. The molecule has 0 aliphatic carbocycles. The molecule has 1 aliphatic rings. The highest BCUT2D eigenvalue weighted by Crippen LogP contribution is 2.09. The Morgan fingerprint density at radius 2 is 2.15 bits per heavy atom. The van der Waals surface area contributed by atoms with Crippen LogP contribution in [-0.2, 0) is 4.79 Å². The second kappa shape index (κ2) is 5.19. The van der Waals surface area contributed by atoms with E-state index in [-0.39, 0.29) is 5.91 Å². The number of carbonyl (C=O) groups is 1. The van der Waals surface area contributed by atoms with Crippen LogP contribution in [0.4, 0.5) is 0 Å². The molecule has 4 heteroatoms. The highest BCUT2D eigenvalue weighted by Gasteiger charge is 2.17. The van der Waals surface area contributed by atoms with Crippen LogP contribution in [0.1, 0.15) is 19.3 Å². The topological polar surface area (TPSA) is 58.4 Å². The summed E-state index contributed by atoms with van der Waals surface area (Å²) < 4.78 is 0. The molecule has 1 heterocycles. The van der Waals surface area contributed by atoms with Gasteiger partial charge >= 0.3 is 0 Å². The number of amides is 1. The molecule has 1 saturated heterocycles. The van der Waals surface area contributed by atoms with Crippen LogP contribution in [0, 0.1) is 0 Å². The van der Waals surface area contributed by atoms with Crippen molar-refractivity contribution in [1.82, 2.24) is 10.2 Å². The van der Waals surface area contributed by atoms with Gasteiger partial charge in [-0.15, -0.1) is 0 Å². The van der Waals surface area contributed by atoms with Crippen molar-refractivity contribution < 1.29 is 4.79 Å². The van der Waals surface area contributed by atoms with Crippen LogP contribution in [0.25, 0.3) is 0 Å². The van der Waals surface area contributed by atoms with Crippen LogP contribution in [0.2, 0.25) is 0 Å². The fourth-order valence-corrected chi connectivity index (χ4v) is 1.72. The number of rotatable bonds is 4. The van der Waals surface area contributed by atoms with Crippen molar-refractivity contribution in [1.29, 1.82) is 0 Å². The first-order valence-electron chi connectivity index (χ1n) is 4.89. The van der Waals surface area contributed by atoms with E-state index < -0.39 is 0 Å². The second-order valence-electron chi connectivity index (χ2n) is 3.68. The lowest BCUT2D eigenvalue weighted by molar-refractivity contribution is -0.118. The van der Waals surface area contributed by atoms with Crippen LogP contribution >= 0.6 is 0 Å². The van der Waals surface area contributed by atoms with E-state index in [1.54, 1.807) is 0 Å². The van der Waals surface area contributed by atoms with Gasteiger partial charge in [-0.3, -0.25) is 4.79 Å². The summed E-state index contributed by atoms with van der Waals surface area (Å²) in [7, 11) is 2.07. The SMILES string of the molecule is CN(CCC(N)=O)C1CCNCC1. The maximum atomic E-state index is 10.6. The minimum Gasteiger partial charge on any atom is -0.370 e. The number of nitrogens with zero attached hydrogens (tertiary/aromatic N) is 1. The number of piperidine rings is 1. The van der Waals surface area contributed by atoms with E-state index >= 15 is 0 Å². The zero-order chi connectivity index (χ0) is 9.68. The number of hydrogen-bond donors (Lipinski definition) is 2. The molecule has 1 amide bonds. The van der Waals surface area contributed by atoms with Crippen molar-refractivity contribution in [2.45, 2.75) is 25.3 Å². The summed E-state index contributed by atoms with van der Waals surface area (Å²) >= 11 is 0. The van der Waals surface area contributed by atoms with Gasteiger partial charge < -0.3 is 16.0 Å². The molecule has 0 saturated carbocycles. The third kappa shape index (κ3) is 3.74. The third-order valence-electron chi connectivity index (χ3n) is 2.64. The van der Waals surface area contributed by atoms with Crippen molar-refractivity contribution in [2.75, 3.05) is 26.7 Å². The molecule has 0 aromatic heterocycles. The predicted molar refractivity (Wildman–Crippen MR) is 52.3 cm³/mol. The Kier molecular flexibility index (Phi) is 4.18. The summed E-state index contributed by atoms with van der Waals surface area (Å²) in [6, 6.07) is 0.626. The van der Waals surface area contributed by atoms with Crippen molar-refractivity contribution in [2.24, 2.45) is 5.73 Å². The predicted octanol–water partition coefficient (Wildman–Crippen LogP) is -0.454. The summed E-state index contributed by atoms with van der Waals surface area (Å²) in [6.07, 6.45) is 2.82. The van der Waals surface area contributed by atoms with Gasteiger partial charge in [0.2, 0.25) is 5.91 Å². The smallest absolute Gasteiger partial charge is 0.218 e. The van der Waals surface area contributed by atoms with Crippen molar-refractivity contribution >= 4 is 5.91 Å². The lowest BCUT2D eigenvalue weighted by Crippen LogP contribution is -2.42. The second-order valence-corrected chi connectivity index (χ2v) is 3.68. The van der Waals surface area contributed by atoms with Gasteiger partial charge in [0.15, 0.2) is 0 Å². The molecule has 0 radical (unpaired) electrons. The fraction of sp³-hybridized carbons (Fsp3) is 0.889. The number of carbonyl (C=O) groups excluding carboxylic acids is 1. The summed E-state index contributed by atoms with van der Waals surface area (Å²) in [4.78, 5) is 12.8. The lowest BCUT2D eigenvalue weighted by atomic mass is 10.1. The Morgan fingerprint density at radius 1 is 1.54 bits per heavy atom. The van der Waals surface area contributed by atoms with Crippen LogP contribution < -0.4 is 11.1 Å². The Morgan fingerprint density at radius 3 is 2.69 bits per heavy atom. The first-order chi connectivity index (χ1) is 6.20. The zero-order valence-corrected chi connectivity index (χ0v) is 8.25. The Bertz CT molecular complexity index is 166. The van der Waals surface area contributed by atoms with E-state index in [9.17, 15) is 4.79 Å². The van der Waals surface area contributed by atoms with Crippen molar-refractivity contribution in [3.05, 3.63) is 0 Å². The van der Waals surface area contributed by atoms with Gasteiger partial charge in [-0.05, 0) is 33.0 Å². The molecular formula is C9H19N3O. The average molecular weight is 185 g/mol. The highest BCUT2D eigenvalue weighted by atomic mass is 16.1. The van der Waals surface area contributed by atoms with Gasteiger partial charge in [0.05, 0.1) is 0 Å². The summed E-state index contributed by atoms with van der Waals surface area (Å²) in [5.41, 5.74) is 5.09. The van der Waals surface area contributed by atoms with E-state index in [4.69, 9.17) is 5.73 Å². The van der Waals surface area contributed by atoms with Gasteiger partial charge in [-0.2, -0.15) is 0 Å². The zero-order valence-electron chi connectivity index (χ0n) is 8.25. The largest absolute Gasteiger partial charge is 0.370 e. The monoisotopic (exact) mass is 185 g/mol. The normalized spacial score (nSPS) is 19.2. The fourth-order valence-electron chi connectivity index (χ4n) is 1.72. The maximum Gasteiger partial charge on any atom is 0.218 e. The van der Waals surface area contributed by atoms with E-state index in [0.717, 1.165) is 19.6 Å². The minimum atomic E-state index is -0.208. The van der Waals surface area contributed by atoms with Gasteiger partial charge in [0.1, 0.15) is 0 Å². The summed E-state index contributed by atoms with van der Waals surface area (Å²) in [6.45, 7) is 2.97. The number of nitrogens with one attached hydrogen (secondary N) is 1. The molecular weight excluding hydrogens is 166 g/mol. The molecule has 1 rings (SSSR count). The molecule has 1 fully saturated rings. The van der Waals surface area contributed by atoms with E-state index in [0.29, 0.717) is 12.5 Å². The van der Waals surface area contributed by atoms with Crippen LogP contribution in [-0.4, -0.2) is 43.5 Å². The standard InChI is InChI=1S/C9H19N3O/c1-12(7-4-9(10)13)8-2-5-11-6-3-8/h8,11H,2-7H2,1H3,(H2,10,13). The molecule has 0 bridgehead atoms. The van der Waals surface area contributed by atoms with E-state index in [2.05, 4.69) is 17.3 Å². The quantitative estimate of drug-likeness (QED) is 0.623. The number of hydrogen-bond acceptors (Lipinski definition) is 3. The molecule has 1 aliphatic heterocycles. The van der Waals surface area contributed by atoms with Crippen molar-refractivity contribution in [3.63, 3.8) is 0 Å². The minimum absolute atomic E-state index is 0.208. The first-order valence-corrected chi connectivity index (χ1v) is 4.89. The van der Waals surface area contributed by atoms with Gasteiger partial charge in [-0.1, -0.05) is 0 Å². The Hall–Kier alpha value is -0.610. The molecule has 0 spiro atoms. The van der Waals surface area contributed by atoms with Gasteiger partial charge in [0, 0.05) is 19.0 Å². The van der Waals surface area contributed by atoms with Crippen molar-refractivity contribution in [3.8, 4) is 0 Å². The molecule has 0 unspecified atom stereocenters. The molecule has 0 aromatic carbocycles. The molecule has 0 aromatic rings. The van der Waals surface area contributed by atoms with E-state index in [1.165, 1.54) is 12.8 Å². The molecule has 13 heavy (non-hydrogen) atoms. The molecule has 4 nitrogen and oxygen atoms in total. The molecule has 3 N–H and O–H groups in total.